The molecule has 0 aromatic heterocycles. The summed E-state index contributed by atoms with van der Waals surface area (Å²) in [6.07, 6.45) is 1.03. The maximum atomic E-state index is 11.0. The highest BCUT2D eigenvalue weighted by molar-refractivity contribution is 5.78. The Bertz CT molecular complexity index is 175. The van der Waals surface area contributed by atoms with Crippen LogP contribution in [0.3, 0.4) is 0 Å². The Kier molecular flexibility index (Phi) is 2.85. The third-order valence-corrected chi connectivity index (χ3v) is 1.92. The van der Waals surface area contributed by atoms with Crippen LogP contribution >= 0.6 is 0 Å². The Morgan fingerprint density at radius 1 is 1.58 bits per heavy atom. The first-order valence-corrected chi connectivity index (χ1v) is 4.37. The van der Waals surface area contributed by atoms with Crippen LogP contribution in [0.1, 0.15) is 33.6 Å². The van der Waals surface area contributed by atoms with Gasteiger partial charge in [0.25, 0.3) is 0 Å². The lowest BCUT2D eigenvalue weighted by Gasteiger charge is -2.16. The maximum Gasteiger partial charge on any atom is 0.163 e. The standard InChI is InChI=1S/C9H16O3/c1-4-7(10)5-8-6-11-9(2,3)12-8/h8H,4-6H2,1-3H3. The van der Waals surface area contributed by atoms with E-state index in [9.17, 15) is 4.79 Å². The number of rotatable bonds is 3. The van der Waals surface area contributed by atoms with Gasteiger partial charge in [-0.05, 0) is 13.8 Å². The summed E-state index contributed by atoms with van der Waals surface area (Å²) < 4.78 is 10.8. The van der Waals surface area contributed by atoms with Gasteiger partial charge in [-0.2, -0.15) is 0 Å². The molecule has 1 heterocycles. The summed E-state index contributed by atoms with van der Waals surface area (Å²) in [5.74, 6) is -0.264. The third-order valence-electron chi connectivity index (χ3n) is 1.92. The van der Waals surface area contributed by atoms with E-state index in [0.29, 0.717) is 19.4 Å². The Hall–Kier alpha value is -0.410. The molecule has 0 N–H and O–H groups in total. The van der Waals surface area contributed by atoms with Crippen LogP contribution < -0.4 is 0 Å². The molecule has 1 saturated heterocycles. The number of carbonyl (C=O) groups excluding carboxylic acids is 1. The SMILES string of the molecule is CCC(=O)CC1COC(C)(C)O1. The predicted molar refractivity (Wildman–Crippen MR) is 44.8 cm³/mol. The quantitative estimate of drug-likeness (QED) is 0.647. The summed E-state index contributed by atoms with van der Waals surface area (Å²) in [6, 6.07) is 0. The first-order chi connectivity index (χ1) is 5.53. The average Bonchev–Trinajstić information content (AvgIpc) is 2.30. The Morgan fingerprint density at radius 3 is 2.67 bits per heavy atom. The Balaban J connectivity index is 2.33. The van der Waals surface area contributed by atoms with Crippen LogP contribution in [-0.4, -0.2) is 24.3 Å². The second-order valence-electron chi connectivity index (χ2n) is 3.55. The first kappa shape index (κ1) is 9.68. The van der Waals surface area contributed by atoms with E-state index in [0.717, 1.165) is 0 Å². The molecule has 0 aromatic rings. The van der Waals surface area contributed by atoms with Crippen LogP contribution in [0.15, 0.2) is 0 Å². The predicted octanol–water partition coefficient (Wildman–Crippen LogP) is 1.51. The molecule has 0 aromatic carbocycles. The lowest BCUT2D eigenvalue weighted by atomic mass is 10.1. The molecule has 1 aliphatic heterocycles. The van der Waals surface area contributed by atoms with Crippen molar-refractivity contribution in [3.05, 3.63) is 0 Å². The van der Waals surface area contributed by atoms with Crippen molar-refractivity contribution in [1.82, 2.24) is 0 Å². The van der Waals surface area contributed by atoms with E-state index in [4.69, 9.17) is 9.47 Å². The molecule has 1 atom stereocenters. The van der Waals surface area contributed by atoms with Crippen LogP contribution in [0.25, 0.3) is 0 Å². The van der Waals surface area contributed by atoms with Crippen molar-refractivity contribution in [2.24, 2.45) is 0 Å². The van der Waals surface area contributed by atoms with Gasteiger partial charge in [0.1, 0.15) is 5.78 Å². The van der Waals surface area contributed by atoms with Gasteiger partial charge in [0.05, 0.1) is 12.7 Å². The summed E-state index contributed by atoms with van der Waals surface area (Å²) >= 11 is 0. The van der Waals surface area contributed by atoms with Gasteiger partial charge < -0.3 is 9.47 Å². The van der Waals surface area contributed by atoms with Crippen molar-refractivity contribution in [3.8, 4) is 0 Å². The average molecular weight is 172 g/mol. The monoisotopic (exact) mass is 172 g/mol. The molecule has 0 amide bonds. The van der Waals surface area contributed by atoms with E-state index in [1.807, 2.05) is 20.8 Å². The van der Waals surface area contributed by atoms with Crippen LogP contribution in [0.5, 0.6) is 0 Å². The fraction of sp³-hybridized carbons (Fsp3) is 0.889. The van der Waals surface area contributed by atoms with E-state index in [-0.39, 0.29) is 11.9 Å². The number of hydrogen-bond acceptors (Lipinski definition) is 3. The molecule has 1 aliphatic rings. The van der Waals surface area contributed by atoms with Gasteiger partial charge in [-0.25, -0.2) is 0 Å². The van der Waals surface area contributed by atoms with E-state index >= 15 is 0 Å². The van der Waals surface area contributed by atoms with Crippen LogP contribution in [0.2, 0.25) is 0 Å². The van der Waals surface area contributed by atoms with Gasteiger partial charge in [0.2, 0.25) is 0 Å². The maximum absolute atomic E-state index is 11.0. The number of ketones is 1. The van der Waals surface area contributed by atoms with Crippen molar-refractivity contribution in [2.75, 3.05) is 6.61 Å². The molecule has 1 rings (SSSR count). The largest absolute Gasteiger partial charge is 0.348 e. The molecule has 0 spiro atoms. The molecular formula is C9H16O3. The zero-order chi connectivity index (χ0) is 9.19. The fourth-order valence-electron chi connectivity index (χ4n) is 1.26. The van der Waals surface area contributed by atoms with Gasteiger partial charge in [-0.3, -0.25) is 4.79 Å². The first-order valence-electron chi connectivity index (χ1n) is 4.37. The molecule has 70 valence electrons. The number of carbonyl (C=O) groups is 1. The smallest absolute Gasteiger partial charge is 0.163 e. The third kappa shape index (κ3) is 2.57. The molecule has 0 bridgehead atoms. The molecular weight excluding hydrogens is 156 g/mol. The molecule has 1 fully saturated rings. The molecule has 0 saturated carbocycles. The van der Waals surface area contributed by atoms with Crippen molar-refractivity contribution < 1.29 is 14.3 Å². The van der Waals surface area contributed by atoms with Gasteiger partial charge in [0, 0.05) is 12.8 Å². The second kappa shape index (κ2) is 3.54. The van der Waals surface area contributed by atoms with Crippen molar-refractivity contribution in [1.29, 1.82) is 0 Å². The van der Waals surface area contributed by atoms with E-state index < -0.39 is 5.79 Å². The molecule has 3 heteroatoms. The topological polar surface area (TPSA) is 35.5 Å². The normalized spacial score (nSPS) is 27.4. The van der Waals surface area contributed by atoms with E-state index in [1.54, 1.807) is 0 Å². The van der Waals surface area contributed by atoms with Crippen molar-refractivity contribution >= 4 is 5.78 Å². The molecule has 1 unspecified atom stereocenters. The van der Waals surface area contributed by atoms with Crippen LogP contribution in [0.4, 0.5) is 0 Å². The summed E-state index contributed by atoms with van der Waals surface area (Å²) in [7, 11) is 0. The zero-order valence-electron chi connectivity index (χ0n) is 7.92. The summed E-state index contributed by atoms with van der Waals surface area (Å²) in [5.41, 5.74) is 0. The minimum Gasteiger partial charge on any atom is -0.348 e. The molecule has 3 nitrogen and oxygen atoms in total. The van der Waals surface area contributed by atoms with Crippen molar-refractivity contribution in [2.45, 2.75) is 45.5 Å². The number of Topliss-reactive ketones (excluding diaryl/α,β-unsaturated/α-hetero) is 1. The highest BCUT2D eigenvalue weighted by Crippen LogP contribution is 2.24. The number of hydrogen-bond donors (Lipinski definition) is 0. The Morgan fingerprint density at radius 2 is 2.25 bits per heavy atom. The zero-order valence-corrected chi connectivity index (χ0v) is 7.92. The number of ether oxygens (including phenoxy) is 2. The summed E-state index contributed by atoms with van der Waals surface area (Å²) in [5, 5.41) is 0. The molecule has 12 heavy (non-hydrogen) atoms. The van der Waals surface area contributed by atoms with Crippen LogP contribution in [-0.2, 0) is 14.3 Å². The van der Waals surface area contributed by atoms with E-state index in [1.165, 1.54) is 0 Å². The molecule has 0 aliphatic carbocycles. The van der Waals surface area contributed by atoms with E-state index in [2.05, 4.69) is 0 Å². The second-order valence-corrected chi connectivity index (χ2v) is 3.55. The van der Waals surface area contributed by atoms with Gasteiger partial charge >= 0.3 is 0 Å². The van der Waals surface area contributed by atoms with Crippen molar-refractivity contribution in [3.63, 3.8) is 0 Å². The summed E-state index contributed by atoms with van der Waals surface area (Å²) in [4.78, 5) is 11.0. The fourth-order valence-corrected chi connectivity index (χ4v) is 1.26. The Labute approximate surface area is 73.0 Å². The highest BCUT2D eigenvalue weighted by atomic mass is 16.7. The molecule has 0 radical (unpaired) electrons. The lowest BCUT2D eigenvalue weighted by Crippen LogP contribution is -2.22. The summed E-state index contributed by atoms with van der Waals surface area (Å²) in [6.45, 7) is 6.13. The minimum atomic E-state index is -0.501. The lowest BCUT2D eigenvalue weighted by molar-refractivity contribution is -0.142. The van der Waals surface area contributed by atoms with Gasteiger partial charge in [0.15, 0.2) is 5.79 Å². The minimum absolute atomic E-state index is 0.0348. The highest BCUT2D eigenvalue weighted by Gasteiger charge is 2.33. The van der Waals surface area contributed by atoms with Gasteiger partial charge in [-0.1, -0.05) is 6.92 Å². The van der Waals surface area contributed by atoms with Gasteiger partial charge in [-0.15, -0.1) is 0 Å². The van der Waals surface area contributed by atoms with Crippen LogP contribution in [0, 0.1) is 0 Å².